The lowest BCUT2D eigenvalue weighted by molar-refractivity contribution is -0.137. The summed E-state index contributed by atoms with van der Waals surface area (Å²) in [7, 11) is -3.88. The molecule has 0 radical (unpaired) electrons. The molecule has 0 saturated carbocycles. The molecule has 1 fully saturated rings. The summed E-state index contributed by atoms with van der Waals surface area (Å²) in [5, 5.41) is 2.61. The number of rotatable bonds is 6. The highest BCUT2D eigenvalue weighted by molar-refractivity contribution is 7.89. The third-order valence-electron chi connectivity index (χ3n) is 4.79. The van der Waals surface area contributed by atoms with E-state index in [0.717, 1.165) is 5.56 Å². The number of morpholine rings is 1. The molecule has 0 spiro atoms. The molecule has 2 aromatic carbocycles. The van der Waals surface area contributed by atoms with Crippen molar-refractivity contribution in [3.63, 3.8) is 0 Å². The number of hydrogen-bond acceptors (Lipinski definition) is 5. The summed E-state index contributed by atoms with van der Waals surface area (Å²) in [5.74, 6) is -0.552. The van der Waals surface area contributed by atoms with Crippen molar-refractivity contribution in [1.29, 1.82) is 0 Å². The first kappa shape index (κ1) is 21.9. The van der Waals surface area contributed by atoms with Gasteiger partial charge in [-0.3, -0.25) is 9.59 Å². The van der Waals surface area contributed by atoms with Crippen molar-refractivity contribution in [3.8, 4) is 0 Å². The summed E-state index contributed by atoms with van der Waals surface area (Å²) >= 11 is 0. The minimum absolute atomic E-state index is 0.0635. The average molecular weight is 432 g/mol. The molecule has 2 aromatic rings. The van der Waals surface area contributed by atoms with Crippen LogP contribution in [0, 0.1) is 6.92 Å². The Morgan fingerprint density at radius 2 is 1.90 bits per heavy atom. The number of amides is 2. The van der Waals surface area contributed by atoms with E-state index in [0.29, 0.717) is 30.9 Å². The first-order valence-electron chi connectivity index (χ1n) is 9.58. The zero-order valence-corrected chi connectivity index (χ0v) is 17.7. The maximum absolute atomic E-state index is 12.7. The fourth-order valence-corrected chi connectivity index (χ4v) is 4.52. The zero-order chi connectivity index (χ0) is 21.7. The second-order valence-electron chi connectivity index (χ2n) is 7.10. The maximum Gasteiger partial charge on any atom is 0.241 e. The van der Waals surface area contributed by atoms with Crippen LogP contribution in [0.5, 0.6) is 0 Å². The summed E-state index contributed by atoms with van der Waals surface area (Å²) in [5.41, 5.74) is 1.96. The van der Waals surface area contributed by atoms with Crippen molar-refractivity contribution in [2.24, 2.45) is 0 Å². The van der Waals surface area contributed by atoms with Gasteiger partial charge in [0.25, 0.3) is 0 Å². The van der Waals surface area contributed by atoms with Gasteiger partial charge in [0.05, 0.1) is 24.6 Å². The highest BCUT2D eigenvalue weighted by Crippen LogP contribution is 2.22. The molecule has 0 aliphatic carbocycles. The summed E-state index contributed by atoms with van der Waals surface area (Å²) in [6, 6.07) is 14.1. The number of carbonyl (C=O) groups excluding carboxylic acids is 2. The molecule has 8 nitrogen and oxygen atoms in total. The molecular formula is C21H25N3O5S. The minimum atomic E-state index is -3.88. The Labute approximate surface area is 176 Å². The van der Waals surface area contributed by atoms with Crippen LogP contribution in [0.15, 0.2) is 53.4 Å². The summed E-state index contributed by atoms with van der Waals surface area (Å²) < 4.78 is 33.5. The SMILES string of the molecule is CC(=O)Nc1ccc(S(=O)(=O)NCC(=O)N2CCOC(c3ccccc3)C2)c(C)c1. The van der Waals surface area contributed by atoms with Crippen molar-refractivity contribution in [3.05, 3.63) is 59.7 Å². The van der Waals surface area contributed by atoms with Gasteiger partial charge in [0, 0.05) is 19.2 Å². The van der Waals surface area contributed by atoms with E-state index in [4.69, 9.17) is 4.74 Å². The molecule has 0 bridgehead atoms. The van der Waals surface area contributed by atoms with Crippen LogP contribution in [0.3, 0.4) is 0 Å². The first-order valence-corrected chi connectivity index (χ1v) is 11.1. The summed E-state index contributed by atoms with van der Waals surface area (Å²) in [6.07, 6.45) is -0.232. The molecule has 3 rings (SSSR count). The molecule has 1 unspecified atom stereocenters. The second-order valence-corrected chi connectivity index (χ2v) is 8.83. The van der Waals surface area contributed by atoms with Gasteiger partial charge in [0.2, 0.25) is 21.8 Å². The van der Waals surface area contributed by atoms with E-state index in [1.54, 1.807) is 17.9 Å². The van der Waals surface area contributed by atoms with Crippen LogP contribution in [0.2, 0.25) is 0 Å². The topological polar surface area (TPSA) is 105 Å². The molecule has 9 heteroatoms. The molecule has 1 atom stereocenters. The van der Waals surface area contributed by atoms with E-state index in [2.05, 4.69) is 10.0 Å². The van der Waals surface area contributed by atoms with Crippen molar-refractivity contribution in [2.75, 3.05) is 31.6 Å². The smallest absolute Gasteiger partial charge is 0.241 e. The van der Waals surface area contributed by atoms with Crippen LogP contribution in [-0.2, 0) is 24.3 Å². The van der Waals surface area contributed by atoms with Gasteiger partial charge in [0.1, 0.15) is 6.10 Å². The fourth-order valence-electron chi connectivity index (χ4n) is 3.32. The van der Waals surface area contributed by atoms with Crippen molar-refractivity contribution in [1.82, 2.24) is 9.62 Å². The van der Waals surface area contributed by atoms with Gasteiger partial charge >= 0.3 is 0 Å². The standard InChI is InChI=1S/C21H25N3O5S/c1-15-12-18(23-16(2)25)8-9-20(15)30(27,28)22-13-21(26)24-10-11-29-19(14-24)17-6-4-3-5-7-17/h3-9,12,19,22H,10-11,13-14H2,1-2H3,(H,23,25). The molecular weight excluding hydrogens is 406 g/mol. The number of nitrogens with zero attached hydrogens (tertiary/aromatic N) is 1. The van der Waals surface area contributed by atoms with Crippen LogP contribution < -0.4 is 10.0 Å². The largest absolute Gasteiger partial charge is 0.370 e. The average Bonchev–Trinajstić information content (AvgIpc) is 2.72. The molecule has 0 aromatic heterocycles. The van der Waals surface area contributed by atoms with E-state index >= 15 is 0 Å². The van der Waals surface area contributed by atoms with Crippen LogP contribution in [-0.4, -0.2) is 51.4 Å². The minimum Gasteiger partial charge on any atom is -0.370 e. The van der Waals surface area contributed by atoms with E-state index < -0.39 is 10.0 Å². The number of sulfonamides is 1. The molecule has 1 heterocycles. The molecule has 1 aliphatic heterocycles. The summed E-state index contributed by atoms with van der Waals surface area (Å²) in [4.78, 5) is 25.4. The lowest BCUT2D eigenvalue weighted by Gasteiger charge is -2.33. The van der Waals surface area contributed by atoms with Gasteiger partial charge in [-0.15, -0.1) is 0 Å². The van der Waals surface area contributed by atoms with Crippen molar-refractivity contribution >= 4 is 27.5 Å². The van der Waals surface area contributed by atoms with Gasteiger partial charge in [-0.25, -0.2) is 13.1 Å². The lowest BCUT2D eigenvalue weighted by atomic mass is 10.1. The van der Waals surface area contributed by atoms with Gasteiger partial charge in [-0.1, -0.05) is 30.3 Å². The number of benzene rings is 2. The Morgan fingerprint density at radius 3 is 2.57 bits per heavy atom. The fraction of sp³-hybridized carbons (Fsp3) is 0.333. The van der Waals surface area contributed by atoms with Gasteiger partial charge in [-0.05, 0) is 36.2 Å². The van der Waals surface area contributed by atoms with E-state index in [1.165, 1.54) is 19.1 Å². The third kappa shape index (κ3) is 5.44. The van der Waals surface area contributed by atoms with E-state index in [9.17, 15) is 18.0 Å². The number of nitrogens with one attached hydrogen (secondary N) is 2. The van der Waals surface area contributed by atoms with E-state index in [-0.39, 0.29) is 29.4 Å². The Hall–Kier alpha value is -2.75. The number of hydrogen-bond donors (Lipinski definition) is 2. The monoisotopic (exact) mass is 431 g/mol. The third-order valence-corrected chi connectivity index (χ3v) is 6.35. The maximum atomic E-state index is 12.7. The predicted molar refractivity (Wildman–Crippen MR) is 112 cm³/mol. The van der Waals surface area contributed by atoms with Crippen LogP contribution in [0.1, 0.15) is 24.2 Å². The number of carbonyl (C=O) groups is 2. The van der Waals surface area contributed by atoms with Crippen LogP contribution >= 0.6 is 0 Å². The first-order chi connectivity index (χ1) is 14.3. The molecule has 160 valence electrons. The predicted octanol–water partition coefficient (Wildman–Crippen LogP) is 1.83. The van der Waals surface area contributed by atoms with Gasteiger partial charge < -0.3 is 15.0 Å². The van der Waals surface area contributed by atoms with Crippen LogP contribution in [0.25, 0.3) is 0 Å². The Kier molecular flexibility index (Phi) is 6.86. The Bertz CT molecular complexity index is 1020. The number of aryl methyl sites for hydroxylation is 1. The molecule has 1 saturated heterocycles. The Balaban J connectivity index is 1.62. The molecule has 2 N–H and O–H groups in total. The highest BCUT2D eigenvalue weighted by Gasteiger charge is 2.26. The molecule has 2 amide bonds. The van der Waals surface area contributed by atoms with Crippen molar-refractivity contribution in [2.45, 2.75) is 24.8 Å². The lowest BCUT2D eigenvalue weighted by Crippen LogP contribution is -2.46. The molecule has 30 heavy (non-hydrogen) atoms. The zero-order valence-electron chi connectivity index (χ0n) is 16.9. The second kappa shape index (κ2) is 9.38. The highest BCUT2D eigenvalue weighted by atomic mass is 32.2. The number of ether oxygens (including phenoxy) is 1. The van der Waals surface area contributed by atoms with Crippen molar-refractivity contribution < 1.29 is 22.7 Å². The number of anilines is 1. The summed E-state index contributed by atoms with van der Waals surface area (Å²) in [6.45, 7) is 3.84. The molecule has 1 aliphatic rings. The van der Waals surface area contributed by atoms with Gasteiger partial charge in [0.15, 0.2) is 0 Å². The van der Waals surface area contributed by atoms with Gasteiger partial charge in [-0.2, -0.15) is 0 Å². The van der Waals surface area contributed by atoms with E-state index in [1.807, 2.05) is 30.3 Å². The Morgan fingerprint density at radius 1 is 1.17 bits per heavy atom. The normalized spacial score (nSPS) is 16.9. The van der Waals surface area contributed by atoms with Crippen LogP contribution in [0.4, 0.5) is 5.69 Å². The quantitative estimate of drug-likeness (QED) is 0.726.